The van der Waals surface area contributed by atoms with E-state index in [-0.39, 0.29) is 0 Å². The minimum atomic E-state index is -1.80. The Bertz CT molecular complexity index is 356. The van der Waals surface area contributed by atoms with Crippen molar-refractivity contribution in [3.8, 4) is 0 Å². The van der Waals surface area contributed by atoms with E-state index in [4.69, 9.17) is 0 Å². The van der Waals surface area contributed by atoms with Crippen molar-refractivity contribution in [1.29, 1.82) is 0 Å². The summed E-state index contributed by atoms with van der Waals surface area (Å²) in [5.41, 5.74) is 1.56. The van der Waals surface area contributed by atoms with E-state index in [0.717, 1.165) is 5.70 Å². The fourth-order valence-electron chi connectivity index (χ4n) is 2.37. The van der Waals surface area contributed by atoms with Gasteiger partial charge in [-0.2, -0.15) is 0 Å². The molecular weight excluding hydrogens is 264 g/mol. The van der Waals surface area contributed by atoms with Crippen LogP contribution in [0.5, 0.6) is 0 Å². The first-order chi connectivity index (χ1) is 9.05. The molecule has 0 amide bonds. The largest absolute Gasteiger partial charge is 0.392 e. The van der Waals surface area contributed by atoms with Crippen molar-refractivity contribution < 1.29 is 0 Å². The first kappa shape index (κ1) is 19.6. The maximum atomic E-state index is 4.28. The first-order valence-electron chi connectivity index (χ1n) is 7.89. The van der Waals surface area contributed by atoms with Crippen LogP contribution in [0.2, 0.25) is 0 Å². The quantitative estimate of drug-likeness (QED) is 0.481. The van der Waals surface area contributed by atoms with Crippen LogP contribution in [0, 0.1) is 5.41 Å². The summed E-state index contributed by atoms with van der Waals surface area (Å²) < 4.78 is 0. The van der Waals surface area contributed by atoms with Crippen LogP contribution < -0.4 is 5.32 Å². The van der Waals surface area contributed by atoms with Crippen LogP contribution in [-0.2, 0) is 0 Å². The van der Waals surface area contributed by atoms with Crippen molar-refractivity contribution in [2.75, 3.05) is 31.1 Å². The maximum absolute atomic E-state index is 4.28. The third-order valence-electron chi connectivity index (χ3n) is 5.74. The van der Waals surface area contributed by atoms with Crippen LogP contribution in [0.15, 0.2) is 16.9 Å². The molecule has 0 fully saturated rings. The lowest BCUT2D eigenvalue weighted by Gasteiger charge is -2.60. The molecule has 0 saturated carbocycles. The van der Waals surface area contributed by atoms with Crippen LogP contribution in [0.25, 0.3) is 0 Å². The van der Waals surface area contributed by atoms with Gasteiger partial charge in [0.2, 0.25) is 0 Å². The van der Waals surface area contributed by atoms with Gasteiger partial charge in [0.05, 0.1) is 5.70 Å². The molecule has 0 heterocycles. The molecule has 0 radical (unpaired) electrons. The summed E-state index contributed by atoms with van der Waals surface area (Å²) >= 11 is 0. The number of hydrogen-bond donors (Lipinski definition) is 2. The van der Waals surface area contributed by atoms with Crippen molar-refractivity contribution in [2.24, 2.45) is 10.4 Å². The SMILES string of the molecule is C=N/C(=C\NC)C(C)[SH](C)(C)(CC)CCC(C)(C)CC. The van der Waals surface area contributed by atoms with E-state index in [0.29, 0.717) is 10.7 Å². The Morgan fingerprint density at radius 2 is 1.90 bits per heavy atom. The molecule has 2 nitrogen and oxygen atoms in total. The summed E-state index contributed by atoms with van der Waals surface area (Å²) in [5.74, 6) is 2.60. The summed E-state index contributed by atoms with van der Waals surface area (Å²) in [6, 6.07) is 0. The number of thiol groups is 1. The Hall–Kier alpha value is -0.440. The molecule has 0 rings (SSSR count). The van der Waals surface area contributed by atoms with Gasteiger partial charge in [0.15, 0.2) is 0 Å². The highest BCUT2D eigenvalue weighted by Gasteiger charge is 2.38. The van der Waals surface area contributed by atoms with E-state index in [1.165, 1.54) is 24.3 Å². The molecule has 0 bridgehead atoms. The Kier molecular flexibility index (Phi) is 6.86. The number of nitrogens with zero attached hydrogens (tertiary/aromatic N) is 1. The van der Waals surface area contributed by atoms with Gasteiger partial charge in [-0.25, -0.2) is 0 Å². The average molecular weight is 303 g/mol. The lowest BCUT2D eigenvalue weighted by molar-refractivity contribution is 0.340. The predicted molar refractivity (Wildman–Crippen MR) is 101 cm³/mol. The lowest BCUT2D eigenvalue weighted by Crippen LogP contribution is -2.35. The summed E-state index contributed by atoms with van der Waals surface area (Å²) in [5, 5.41) is 3.62. The zero-order valence-corrected chi connectivity index (χ0v) is 16.0. The third-order valence-corrected chi connectivity index (χ3v) is 12.4. The maximum Gasteiger partial charge on any atom is 0.0650 e. The molecule has 20 heavy (non-hydrogen) atoms. The summed E-state index contributed by atoms with van der Waals surface area (Å²) in [4.78, 5) is 4.28. The predicted octanol–water partition coefficient (Wildman–Crippen LogP) is 4.31. The summed E-state index contributed by atoms with van der Waals surface area (Å²) in [7, 11) is 0.135. The molecule has 0 aromatic carbocycles. The van der Waals surface area contributed by atoms with E-state index in [9.17, 15) is 0 Å². The van der Waals surface area contributed by atoms with Gasteiger partial charge in [-0.1, -0.05) is 41.0 Å². The van der Waals surface area contributed by atoms with Gasteiger partial charge in [-0.15, -0.1) is 0 Å². The van der Waals surface area contributed by atoms with Crippen LogP contribution in [0.1, 0.15) is 47.5 Å². The van der Waals surface area contributed by atoms with E-state index in [1.807, 2.05) is 13.2 Å². The Morgan fingerprint density at radius 3 is 2.25 bits per heavy atom. The minimum Gasteiger partial charge on any atom is -0.392 e. The van der Waals surface area contributed by atoms with Crippen molar-refractivity contribution >= 4 is 15.9 Å². The van der Waals surface area contributed by atoms with Gasteiger partial charge < -0.3 is 5.32 Å². The summed E-state index contributed by atoms with van der Waals surface area (Å²) in [6.07, 6.45) is 9.65. The van der Waals surface area contributed by atoms with Gasteiger partial charge in [0.1, 0.15) is 0 Å². The van der Waals surface area contributed by atoms with Gasteiger partial charge in [-0.3, -0.25) is 14.2 Å². The molecule has 0 aromatic rings. The molecule has 0 saturated heterocycles. The van der Waals surface area contributed by atoms with Crippen molar-refractivity contribution in [1.82, 2.24) is 5.32 Å². The van der Waals surface area contributed by atoms with E-state index < -0.39 is 9.16 Å². The Balaban J connectivity index is 5.32. The first-order valence-corrected chi connectivity index (χ1v) is 11.5. The molecular formula is C17H38N2S. The molecule has 0 aliphatic rings. The van der Waals surface area contributed by atoms with Gasteiger partial charge in [0.25, 0.3) is 0 Å². The molecule has 1 unspecified atom stereocenters. The Morgan fingerprint density at radius 1 is 1.35 bits per heavy atom. The van der Waals surface area contributed by atoms with E-state index in [2.05, 4.69) is 64.2 Å². The van der Waals surface area contributed by atoms with E-state index in [1.54, 1.807) is 0 Å². The molecule has 0 aliphatic heterocycles. The van der Waals surface area contributed by atoms with Gasteiger partial charge in [-0.05, 0) is 42.6 Å². The highest BCUT2D eigenvalue weighted by molar-refractivity contribution is 8.49. The zero-order valence-electron chi connectivity index (χ0n) is 15.1. The molecule has 122 valence electrons. The van der Waals surface area contributed by atoms with Crippen molar-refractivity contribution in [3.63, 3.8) is 0 Å². The molecule has 1 atom stereocenters. The van der Waals surface area contributed by atoms with Gasteiger partial charge >= 0.3 is 0 Å². The standard InChI is InChI=1S/C17H38N2S/c1-10-17(4,5)12-13-20(8,9,11-2)15(3)16(19-7)14-18-6/h14-15,18,20H,7,10-13H2,1-6,8-9H3/b16-14-. The molecule has 0 aromatic heterocycles. The number of nitrogens with one attached hydrogen (secondary N) is 1. The second kappa shape index (κ2) is 7.02. The third kappa shape index (κ3) is 4.83. The second-order valence-corrected chi connectivity index (χ2v) is 15.3. The average Bonchev–Trinajstić information content (AvgIpc) is 2.42. The zero-order chi connectivity index (χ0) is 16.1. The Labute approximate surface area is 127 Å². The monoisotopic (exact) mass is 302 g/mol. The highest BCUT2D eigenvalue weighted by Crippen LogP contribution is 2.69. The molecule has 3 heteroatoms. The van der Waals surface area contributed by atoms with Crippen molar-refractivity contribution in [2.45, 2.75) is 52.7 Å². The number of hydrogen-bond acceptors (Lipinski definition) is 2. The number of aliphatic imine (C=N–C) groups is 1. The second-order valence-electron chi connectivity index (χ2n) is 7.82. The smallest absolute Gasteiger partial charge is 0.0650 e. The highest BCUT2D eigenvalue weighted by atomic mass is 32.3. The lowest BCUT2D eigenvalue weighted by atomic mass is 9.87. The number of rotatable bonds is 9. The van der Waals surface area contributed by atoms with Crippen LogP contribution in [0.4, 0.5) is 0 Å². The van der Waals surface area contributed by atoms with Crippen LogP contribution in [-0.4, -0.2) is 43.0 Å². The van der Waals surface area contributed by atoms with Gasteiger partial charge in [0, 0.05) is 18.5 Å². The molecule has 0 aliphatic carbocycles. The minimum absolute atomic E-state index is 0.443. The topological polar surface area (TPSA) is 24.4 Å². The van der Waals surface area contributed by atoms with Crippen LogP contribution >= 0.6 is 9.16 Å². The molecule has 1 N–H and O–H groups in total. The molecule has 0 spiro atoms. The normalized spacial score (nSPS) is 17.2. The fourth-order valence-corrected chi connectivity index (χ4v) is 6.02. The fraction of sp³-hybridized carbons (Fsp3) is 0.824. The summed E-state index contributed by atoms with van der Waals surface area (Å²) in [6.45, 7) is 15.5. The van der Waals surface area contributed by atoms with Crippen LogP contribution in [0.3, 0.4) is 0 Å². The van der Waals surface area contributed by atoms with E-state index >= 15 is 0 Å². The van der Waals surface area contributed by atoms with Crippen molar-refractivity contribution in [3.05, 3.63) is 11.9 Å².